The lowest BCUT2D eigenvalue weighted by atomic mass is 9.93. The van der Waals surface area contributed by atoms with E-state index in [0.717, 1.165) is 18.9 Å². The van der Waals surface area contributed by atoms with Crippen molar-refractivity contribution in [1.82, 2.24) is 10.2 Å². The maximum atomic E-state index is 11.6. The van der Waals surface area contributed by atoms with Crippen molar-refractivity contribution in [2.24, 2.45) is 11.7 Å². The lowest BCUT2D eigenvalue weighted by Crippen LogP contribution is -2.51. The molecular weight excluding hydrogens is 266 g/mol. The third kappa shape index (κ3) is 6.66. The lowest BCUT2D eigenvalue weighted by Gasteiger charge is -2.41. The van der Waals surface area contributed by atoms with Crippen molar-refractivity contribution in [3.8, 4) is 0 Å². The van der Waals surface area contributed by atoms with E-state index in [0.29, 0.717) is 25.2 Å². The van der Waals surface area contributed by atoms with Crippen LogP contribution in [0.25, 0.3) is 0 Å². The molecule has 0 radical (unpaired) electrons. The summed E-state index contributed by atoms with van der Waals surface area (Å²) in [5, 5.41) is 2.83. The van der Waals surface area contributed by atoms with Gasteiger partial charge >= 0.3 is 6.09 Å². The first-order valence-corrected chi connectivity index (χ1v) is 8.15. The van der Waals surface area contributed by atoms with Crippen molar-refractivity contribution < 1.29 is 9.53 Å². The number of alkyl carbamates (subject to hydrolysis) is 1. The molecule has 1 rings (SSSR count). The van der Waals surface area contributed by atoms with Crippen LogP contribution >= 0.6 is 0 Å². The fraction of sp³-hybridized carbons (Fsp3) is 0.938. The molecule has 0 spiro atoms. The minimum absolute atomic E-state index is 0.331. The van der Waals surface area contributed by atoms with Gasteiger partial charge in [-0.3, -0.25) is 4.90 Å². The average Bonchev–Trinajstić information content (AvgIpc) is 2.36. The normalized spacial score (nSPS) is 25.4. The molecule has 1 heterocycles. The smallest absolute Gasteiger partial charge is 0.407 e. The number of hydrogen-bond acceptors (Lipinski definition) is 4. The van der Waals surface area contributed by atoms with E-state index in [1.54, 1.807) is 0 Å². The Morgan fingerprint density at radius 3 is 2.62 bits per heavy atom. The number of ether oxygens (including phenoxy) is 1. The number of nitrogens with one attached hydrogen (secondary N) is 1. The highest BCUT2D eigenvalue weighted by Gasteiger charge is 2.28. The van der Waals surface area contributed by atoms with Gasteiger partial charge in [0.2, 0.25) is 0 Å². The first-order chi connectivity index (χ1) is 9.73. The van der Waals surface area contributed by atoms with Gasteiger partial charge in [-0.05, 0) is 52.9 Å². The molecular formula is C16H33N3O2. The summed E-state index contributed by atoms with van der Waals surface area (Å²) >= 11 is 0. The molecule has 0 aromatic heterocycles. The fourth-order valence-electron chi connectivity index (χ4n) is 2.91. The molecule has 0 aromatic carbocycles. The molecule has 0 bridgehead atoms. The second-order valence-corrected chi connectivity index (χ2v) is 7.34. The number of hydrogen-bond donors (Lipinski definition) is 2. The van der Waals surface area contributed by atoms with Crippen LogP contribution in [0.4, 0.5) is 4.79 Å². The van der Waals surface area contributed by atoms with E-state index in [-0.39, 0.29) is 6.09 Å². The van der Waals surface area contributed by atoms with Gasteiger partial charge in [-0.1, -0.05) is 6.92 Å². The van der Waals surface area contributed by atoms with Crippen LogP contribution in [-0.2, 0) is 4.74 Å². The van der Waals surface area contributed by atoms with Crippen molar-refractivity contribution in [2.45, 2.75) is 71.6 Å². The number of nitrogens with zero attached hydrogens (tertiary/aromatic N) is 1. The van der Waals surface area contributed by atoms with E-state index >= 15 is 0 Å². The quantitative estimate of drug-likeness (QED) is 0.817. The monoisotopic (exact) mass is 299 g/mol. The Morgan fingerprint density at radius 2 is 2.05 bits per heavy atom. The predicted molar refractivity (Wildman–Crippen MR) is 86.3 cm³/mol. The van der Waals surface area contributed by atoms with E-state index < -0.39 is 5.60 Å². The molecule has 0 aromatic rings. The number of amides is 1. The van der Waals surface area contributed by atoms with Crippen molar-refractivity contribution in [3.63, 3.8) is 0 Å². The molecule has 5 nitrogen and oxygen atoms in total. The van der Waals surface area contributed by atoms with Gasteiger partial charge in [0.1, 0.15) is 5.60 Å². The highest BCUT2D eigenvalue weighted by atomic mass is 16.6. The topological polar surface area (TPSA) is 67.6 Å². The van der Waals surface area contributed by atoms with Crippen molar-refractivity contribution in [3.05, 3.63) is 0 Å². The maximum absolute atomic E-state index is 11.6. The minimum atomic E-state index is -0.450. The molecule has 1 aliphatic rings. The van der Waals surface area contributed by atoms with Crippen molar-refractivity contribution >= 4 is 6.09 Å². The van der Waals surface area contributed by atoms with E-state index in [1.165, 1.54) is 12.8 Å². The predicted octanol–water partition coefficient (Wildman–Crippen LogP) is 2.35. The highest BCUT2D eigenvalue weighted by Crippen LogP contribution is 2.24. The first kappa shape index (κ1) is 18.2. The molecule has 0 aliphatic carbocycles. The summed E-state index contributed by atoms with van der Waals surface area (Å²) in [7, 11) is 0. The van der Waals surface area contributed by atoms with Crippen LogP contribution in [0.15, 0.2) is 0 Å². The second-order valence-electron chi connectivity index (χ2n) is 7.34. The van der Waals surface area contributed by atoms with Crippen molar-refractivity contribution in [1.29, 1.82) is 0 Å². The fourth-order valence-corrected chi connectivity index (χ4v) is 2.91. The van der Waals surface area contributed by atoms with Gasteiger partial charge in [-0.2, -0.15) is 0 Å². The zero-order valence-electron chi connectivity index (χ0n) is 14.3. The summed E-state index contributed by atoms with van der Waals surface area (Å²) < 4.78 is 5.24. The Morgan fingerprint density at radius 1 is 1.38 bits per heavy atom. The van der Waals surface area contributed by atoms with E-state index in [4.69, 9.17) is 10.5 Å². The van der Waals surface area contributed by atoms with Crippen LogP contribution in [-0.4, -0.2) is 48.3 Å². The Labute approximate surface area is 129 Å². The summed E-state index contributed by atoms with van der Waals surface area (Å²) in [5.74, 6) is 0.731. The molecule has 1 aliphatic heterocycles. The Hall–Kier alpha value is -0.810. The first-order valence-electron chi connectivity index (χ1n) is 8.15. The molecule has 3 unspecified atom stereocenters. The van der Waals surface area contributed by atoms with Gasteiger partial charge < -0.3 is 15.8 Å². The lowest BCUT2D eigenvalue weighted by molar-refractivity contribution is 0.0503. The number of carbonyl (C=O) groups excluding carboxylic acids is 1. The van der Waals surface area contributed by atoms with Crippen molar-refractivity contribution in [2.75, 3.05) is 19.6 Å². The number of likely N-dealkylation sites (tertiary alicyclic amines) is 1. The Balaban J connectivity index is 2.38. The van der Waals surface area contributed by atoms with Gasteiger partial charge in [0.25, 0.3) is 0 Å². The van der Waals surface area contributed by atoms with Crippen LogP contribution in [0, 0.1) is 5.92 Å². The van der Waals surface area contributed by atoms with E-state index in [9.17, 15) is 4.79 Å². The Kier molecular flexibility index (Phi) is 6.94. The molecule has 5 heteroatoms. The molecule has 1 saturated heterocycles. The summed E-state index contributed by atoms with van der Waals surface area (Å²) in [5.41, 5.74) is 5.49. The van der Waals surface area contributed by atoms with E-state index in [1.807, 2.05) is 20.8 Å². The molecule has 3 atom stereocenters. The molecule has 21 heavy (non-hydrogen) atoms. The SMILES string of the molecule is CC1CCC(C)N(C(CN)CCNC(=O)OC(C)(C)C)C1. The largest absolute Gasteiger partial charge is 0.444 e. The van der Waals surface area contributed by atoms with Gasteiger partial charge in [0, 0.05) is 31.7 Å². The minimum Gasteiger partial charge on any atom is -0.444 e. The maximum Gasteiger partial charge on any atom is 0.407 e. The van der Waals surface area contributed by atoms with Gasteiger partial charge in [-0.15, -0.1) is 0 Å². The van der Waals surface area contributed by atoms with Gasteiger partial charge in [0.05, 0.1) is 0 Å². The molecule has 3 N–H and O–H groups in total. The number of rotatable bonds is 5. The van der Waals surface area contributed by atoms with Crippen LogP contribution in [0.5, 0.6) is 0 Å². The highest BCUT2D eigenvalue weighted by molar-refractivity contribution is 5.67. The average molecular weight is 299 g/mol. The number of carbonyl (C=O) groups is 1. The molecule has 1 fully saturated rings. The van der Waals surface area contributed by atoms with Crippen LogP contribution < -0.4 is 11.1 Å². The van der Waals surface area contributed by atoms with Gasteiger partial charge in [0.15, 0.2) is 0 Å². The van der Waals surface area contributed by atoms with Crippen LogP contribution in [0.1, 0.15) is 53.9 Å². The number of piperidine rings is 1. The Bertz CT molecular complexity index is 328. The van der Waals surface area contributed by atoms with Crippen LogP contribution in [0.2, 0.25) is 0 Å². The third-order valence-corrected chi connectivity index (χ3v) is 4.05. The molecule has 1 amide bonds. The standard InChI is InChI=1S/C16H33N3O2/c1-12-6-7-13(2)19(11-12)14(10-17)8-9-18-15(20)21-16(3,4)5/h12-14H,6-11,17H2,1-5H3,(H,18,20). The van der Waals surface area contributed by atoms with Crippen LogP contribution in [0.3, 0.4) is 0 Å². The summed E-state index contributed by atoms with van der Waals surface area (Å²) in [4.78, 5) is 14.1. The summed E-state index contributed by atoms with van der Waals surface area (Å²) in [6, 6.07) is 0.911. The zero-order chi connectivity index (χ0) is 16.0. The summed E-state index contributed by atoms with van der Waals surface area (Å²) in [6.07, 6.45) is 3.05. The van der Waals surface area contributed by atoms with Gasteiger partial charge in [-0.25, -0.2) is 4.79 Å². The second kappa shape index (κ2) is 7.99. The molecule has 124 valence electrons. The molecule has 0 saturated carbocycles. The zero-order valence-corrected chi connectivity index (χ0v) is 14.3. The third-order valence-electron chi connectivity index (χ3n) is 4.05. The summed E-state index contributed by atoms with van der Waals surface area (Å²) in [6.45, 7) is 12.5. The van der Waals surface area contributed by atoms with E-state index in [2.05, 4.69) is 24.1 Å². The number of nitrogens with two attached hydrogens (primary N) is 1.